The van der Waals surface area contributed by atoms with E-state index in [9.17, 15) is 9.18 Å². The molecule has 5 rings (SSSR count). The summed E-state index contributed by atoms with van der Waals surface area (Å²) in [6, 6.07) is 19.5. The summed E-state index contributed by atoms with van der Waals surface area (Å²) in [5.74, 6) is 1.10. The summed E-state index contributed by atoms with van der Waals surface area (Å²) < 4.78 is 24.6. The predicted octanol–water partition coefficient (Wildman–Crippen LogP) is 5.82. The molecule has 33 heavy (non-hydrogen) atoms. The number of methoxy groups -OCH3 is 2. The highest BCUT2D eigenvalue weighted by Gasteiger charge is 2.37. The Morgan fingerprint density at radius 1 is 0.909 bits per heavy atom. The van der Waals surface area contributed by atoms with Gasteiger partial charge in [-0.15, -0.1) is 0 Å². The molecule has 0 fully saturated rings. The number of rotatable bonds is 4. The minimum atomic E-state index is -0.414. The highest BCUT2D eigenvalue weighted by atomic mass is 19.1. The van der Waals surface area contributed by atoms with Crippen LogP contribution in [0.3, 0.4) is 0 Å². The van der Waals surface area contributed by atoms with E-state index in [1.807, 2.05) is 42.5 Å². The van der Waals surface area contributed by atoms with Gasteiger partial charge < -0.3 is 20.1 Å². The number of Topliss-reactive ketones (excluding diaryl/α,β-unsaturated/α-hetero) is 1. The van der Waals surface area contributed by atoms with Crippen molar-refractivity contribution in [3.05, 3.63) is 94.9 Å². The van der Waals surface area contributed by atoms with Gasteiger partial charge in [0.2, 0.25) is 0 Å². The van der Waals surface area contributed by atoms with Gasteiger partial charge in [0, 0.05) is 23.3 Å². The highest BCUT2D eigenvalue weighted by Crippen LogP contribution is 2.46. The van der Waals surface area contributed by atoms with Gasteiger partial charge in [0.05, 0.1) is 31.6 Å². The van der Waals surface area contributed by atoms with E-state index in [-0.39, 0.29) is 17.5 Å². The van der Waals surface area contributed by atoms with Crippen LogP contribution in [0, 0.1) is 5.82 Å². The molecule has 5 nitrogen and oxygen atoms in total. The summed E-state index contributed by atoms with van der Waals surface area (Å²) in [4.78, 5) is 13.6. The number of hydrogen-bond donors (Lipinski definition) is 2. The number of halogens is 1. The standard InChI is InChI=1S/C27H25FN2O3/c1-32-19-11-12-25(33-2)20(15-19)27-26-23(29-21-5-3-4-6-22(21)30-27)13-17(14-24(26)31)16-7-9-18(28)10-8-16/h3-12,15,17,27,29-30H,13-14H2,1-2H3. The monoisotopic (exact) mass is 444 g/mol. The molecule has 1 heterocycles. The number of nitrogens with one attached hydrogen (secondary N) is 2. The van der Waals surface area contributed by atoms with Crippen molar-refractivity contribution in [1.82, 2.24) is 0 Å². The number of ether oxygens (including phenoxy) is 2. The van der Waals surface area contributed by atoms with E-state index in [1.165, 1.54) is 12.1 Å². The molecule has 3 aromatic carbocycles. The zero-order valence-corrected chi connectivity index (χ0v) is 18.5. The van der Waals surface area contributed by atoms with Gasteiger partial charge in [-0.2, -0.15) is 0 Å². The molecule has 3 aromatic rings. The molecular weight excluding hydrogens is 419 g/mol. The van der Waals surface area contributed by atoms with Crippen LogP contribution in [0.1, 0.15) is 35.9 Å². The molecule has 2 atom stereocenters. The number of ketones is 1. The minimum Gasteiger partial charge on any atom is -0.497 e. The number of hydrogen-bond acceptors (Lipinski definition) is 5. The summed E-state index contributed by atoms with van der Waals surface area (Å²) in [6.07, 6.45) is 0.998. The van der Waals surface area contributed by atoms with Crippen LogP contribution in [0.25, 0.3) is 0 Å². The lowest BCUT2D eigenvalue weighted by molar-refractivity contribution is -0.116. The Bertz CT molecular complexity index is 1240. The molecule has 6 heteroatoms. The maximum absolute atomic E-state index is 13.6. The molecule has 0 bridgehead atoms. The van der Waals surface area contributed by atoms with Crippen LogP contribution in [-0.2, 0) is 4.79 Å². The van der Waals surface area contributed by atoms with Crippen LogP contribution in [0.5, 0.6) is 11.5 Å². The number of fused-ring (bicyclic) bond motifs is 1. The normalized spacial score (nSPS) is 19.5. The van der Waals surface area contributed by atoms with Crippen molar-refractivity contribution in [2.45, 2.75) is 24.8 Å². The van der Waals surface area contributed by atoms with E-state index in [2.05, 4.69) is 10.6 Å². The third-order valence-electron chi connectivity index (χ3n) is 6.40. The van der Waals surface area contributed by atoms with Gasteiger partial charge in [-0.1, -0.05) is 24.3 Å². The molecule has 168 valence electrons. The quantitative estimate of drug-likeness (QED) is 0.531. The number of benzene rings is 3. The number of carbonyl (C=O) groups is 1. The van der Waals surface area contributed by atoms with Crippen molar-refractivity contribution in [3.8, 4) is 11.5 Å². The second-order valence-corrected chi connectivity index (χ2v) is 8.33. The first-order chi connectivity index (χ1) is 16.1. The van der Waals surface area contributed by atoms with Gasteiger partial charge in [0.15, 0.2) is 5.78 Å². The second-order valence-electron chi connectivity index (χ2n) is 8.33. The topological polar surface area (TPSA) is 59.6 Å². The van der Waals surface area contributed by atoms with Crippen LogP contribution in [0.15, 0.2) is 78.0 Å². The zero-order chi connectivity index (χ0) is 22.9. The third-order valence-corrected chi connectivity index (χ3v) is 6.40. The fourth-order valence-corrected chi connectivity index (χ4v) is 4.76. The summed E-state index contributed by atoms with van der Waals surface area (Å²) >= 11 is 0. The Kier molecular flexibility index (Phi) is 5.50. The van der Waals surface area contributed by atoms with E-state index >= 15 is 0 Å². The van der Waals surface area contributed by atoms with Gasteiger partial charge in [-0.25, -0.2) is 4.39 Å². The maximum atomic E-state index is 13.6. The van der Waals surface area contributed by atoms with E-state index in [4.69, 9.17) is 9.47 Å². The second kappa shape index (κ2) is 8.62. The van der Waals surface area contributed by atoms with Crippen LogP contribution in [-0.4, -0.2) is 20.0 Å². The molecule has 1 aliphatic carbocycles. The van der Waals surface area contributed by atoms with Crippen LogP contribution in [0.4, 0.5) is 15.8 Å². The summed E-state index contributed by atoms with van der Waals surface area (Å²) in [6.45, 7) is 0. The summed E-state index contributed by atoms with van der Waals surface area (Å²) in [5.41, 5.74) is 5.15. The minimum absolute atomic E-state index is 0.0255. The first kappa shape index (κ1) is 21.1. The van der Waals surface area contributed by atoms with E-state index in [0.29, 0.717) is 29.9 Å². The van der Waals surface area contributed by atoms with Crippen molar-refractivity contribution in [3.63, 3.8) is 0 Å². The Balaban J connectivity index is 1.64. The number of carbonyl (C=O) groups excluding carboxylic acids is 1. The van der Waals surface area contributed by atoms with Crippen molar-refractivity contribution < 1.29 is 18.7 Å². The molecule has 0 saturated carbocycles. The maximum Gasteiger partial charge on any atom is 0.163 e. The molecule has 0 radical (unpaired) electrons. The molecule has 1 aliphatic heterocycles. The zero-order valence-electron chi connectivity index (χ0n) is 18.5. The van der Waals surface area contributed by atoms with Crippen molar-refractivity contribution in [1.29, 1.82) is 0 Å². The van der Waals surface area contributed by atoms with Gasteiger partial charge >= 0.3 is 0 Å². The van der Waals surface area contributed by atoms with Gasteiger partial charge in [0.25, 0.3) is 0 Å². The van der Waals surface area contributed by atoms with Crippen molar-refractivity contribution in [2.75, 3.05) is 24.9 Å². The smallest absolute Gasteiger partial charge is 0.163 e. The largest absolute Gasteiger partial charge is 0.497 e. The van der Waals surface area contributed by atoms with Crippen molar-refractivity contribution >= 4 is 17.2 Å². The Hall–Kier alpha value is -3.80. The molecule has 0 amide bonds. The Morgan fingerprint density at radius 3 is 2.39 bits per heavy atom. The fourth-order valence-electron chi connectivity index (χ4n) is 4.76. The first-order valence-corrected chi connectivity index (χ1v) is 10.9. The Morgan fingerprint density at radius 2 is 1.67 bits per heavy atom. The van der Waals surface area contributed by atoms with Crippen LogP contribution < -0.4 is 20.1 Å². The summed E-state index contributed by atoms with van der Waals surface area (Å²) in [5, 5.41) is 7.09. The van der Waals surface area contributed by atoms with Gasteiger partial charge in [-0.05, 0) is 60.4 Å². The van der Waals surface area contributed by atoms with Crippen molar-refractivity contribution in [2.24, 2.45) is 0 Å². The van der Waals surface area contributed by atoms with Crippen LogP contribution in [0.2, 0.25) is 0 Å². The average Bonchev–Trinajstić information content (AvgIpc) is 3.01. The molecule has 0 spiro atoms. The van der Waals surface area contributed by atoms with Gasteiger partial charge in [-0.3, -0.25) is 4.79 Å². The van der Waals surface area contributed by atoms with Crippen LogP contribution >= 0.6 is 0 Å². The first-order valence-electron chi connectivity index (χ1n) is 10.9. The highest BCUT2D eigenvalue weighted by molar-refractivity contribution is 6.01. The lowest BCUT2D eigenvalue weighted by Crippen LogP contribution is -2.27. The van der Waals surface area contributed by atoms with E-state index in [1.54, 1.807) is 26.4 Å². The van der Waals surface area contributed by atoms with Gasteiger partial charge in [0.1, 0.15) is 17.3 Å². The lowest BCUT2D eigenvalue weighted by Gasteiger charge is -2.30. The molecule has 2 unspecified atom stereocenters. The average molecular weight is 445 g/mol. The predicted molar refractivity (Wildman–Crippen MR) is 126 cm³/mol. The number of para-hydroxylation sites is 2. The molecule has 2 aliphatic rings. The lowest BCUT2D eigenvalue weighted by atomic mass is 9.78. The van der Waals surface area contributed by atoms with E-state index in [0.717, 1.165) is 28.2 Å². The molecular formula is C27H25FN2O3. The fraction of sp³-hybridized carbons (Fsp3) is 0.222. The van der Waals surface area contributed by atoms with E-state index < -0.39 is 6.04 Å². The molecule has 0 saturated heterocycles. The third kappa shape index (κ3) is 3.93. The Labute approximate surface area is 192 Å². The molecule has 0 aromatic heterocycles. The number of allylic oxidation sites excluding steroid dienone is 1. The molecule has 2 N–H and O–H groups in total. The summed E-state index contributed by atoms with van der Waals surface area (Å²) in [7, 11) is 3.24. The number of anilines is 2. The SMILES string of the molecule is COc1ccc(OC)c(C2Nc3ccccc3NC3=C2C(=O)CC(c2ccc(F)cc2)C3)c1.